The summed E-state index contributed by atoms with van der Waals surface area (Å²) in [5, 5.41) is 0. The highest BCUT2D eigenvalue weighted by Crippen LogP contribution is 2.24. The molecule has 0 atom stereocenters. The minimum absolute atomic E-state index is 0.000968. The SMILES string of the molecule is COc1nc(N2CCN(C(=O)c3cncn3C)CC2)ncc1Br. The molecule has 3 rings (SSSR count). The monoisotopic (exact) mass is 380 g/mol. The molecule has 8 nitrogen and oxygen atoms in total. The van der Waals surface area contributed by atoms with E-state index in [-0.39, 0.29) is 5.91 Å². The van der Waals surface area contributed by atoms with Crippen molar-refractivity contribution >= 4 is 27.8 Å². The lowest BCUT2D eigenvalue weighted by atomic mass is 10.3. The molecule has 1 fully saturated rings. The fourth-order valence-electron chi connectivity index (χ4n) is 2.47. The van der Waals surface area contributed by atoms with Gasteiger partial charge in [-0.1, -0.05) is 0 Å². The fraction of sp³-hybridized carbons (Fsp3) is 0.429. The van der Waals surface area contributed by atoms with Crippen LogP contribution in [-0.2, 0) is 7.05 Å². The lowest BCUT2D eigenvalue weighted by molar-refractivity contribution is 0.0736. The molecule has 0 aliphatic carbocycles. The van der Waals surface area contributed by atoms with Crippen LogP contribution >= 0.6 is 15.9 Å². The first-order chi connectivity index (χ1) is 11.1. The number of halogens is 1. The molecule has 0 spiro atoms. The number of hydrogen-bond donors (Lipinski definition) is 0. The van der Waals surface area contributed by atoms with Crippen molar-refractivity contribution in [1.82, 2.24) is 24.4 Å². The largest absolute Gasteiger partial charge is 0.480 e. The molecule has 0 bridgehead atoms. The van der Waals surface area contributed by atoms with Gasteiger partial charge in [-0.15, -0.1) is 0 Å². The Bertz CT molecular complexity index is 711. The molecule has 23 heavy (non-hydrogen) atoms. The number of carbonyl (C=O) groups is 1. The third kappa shape index (κ3) is 3.14. The van der Waals surface area contributed by atoms with Gasteiger partial charge in [-0.25, -0.2) is 9.97 Å². The van der Waals surface area contributed by atoms with Crippen molar-refractivity contribution in [3.8, 4) is 5.88 Å². The number of imidazole rings is 1. The first kappa shape index (κ1) is 15.7. The average Bonchev–Trinajstić information content (AvgIpc) is 3.01. The van der Waals surface area contributed by atoms with Crippen molar-refractivity contribution in [2.75, 3.05) is 38.2 Å². The summed E-state index contributed by atoms with van der Waals surface area (Å²) in [7, 11) is 3.39. The van der Waals surface area contributed by atoms with E-state index in [2.05, 4.69) is 30.9 Å². The smallest absolute Gasteiger partial charge is 0.272 e. The van der Waals surface area contributed by atoms with E-state index in [4.69, 9.17) is 4.74 Å². The van der Waals surface area contributed by atoms with Crippen LogP contribution in [-0.4, -0.2) is 63.6 Å². The van der Waals surface area contributed by atoms with Crippen LogP contribution in [0.25, 0.3) is 0 Å². The van der Waals surface area contributed by atoms with E-state index < -0.39 is 0 Å². The molecule has 1 amide bonds. The maximum atomic E-state index is 12.5. The normalized spacial score (nSPS) is 14.9. The first-order valence-electron chi connectivity index (χ1n) is 7.17. The van der Waals surface area contributed by atoms with Crippen LogP contribution in [0.2, 0.25) is 0 Å². The second kappa shape index (κ2) is 6.53. The highest BCUT2D eigenvalue weighted by molar-refractivity contribution is 9.10. The Kier molecular flexibility index (Phi) is 4.46. The predicted octanol–water partition coefficient (Wildman–Crippen LogP) is 0.944. The van der Waals surface area contributed by atoms with E-state index in [0.717, 1.165) is 0 Å². The maximum Gasteiger partial charge on any atom is 0.272 e. The average molecular weight is 381 g/mol. The van der Waals surface area contributed by atoms with Crippen LogP contribution < -0.4 is 9.64 Å². The number of carbonyl (C=O) groups excluding carboxylic acids is 1. The van der Waals surface area contributed by atoms with Crippen molar-refractivity contribution < 1.29 is 9.53 Å². The molecule has 0 radical (unpaired) electrons. The highest BCUT2D eigenvalue weighted by Gasteiger charge is 2.25. The Morgan fingerprint density at radius 1 is 1.26 bits per heavy atom. The second-order valence-electron chi connectivity index (χ2n) is 5.20. The number of ether oxygens (including phenoxy) is 1. The van der Waals surface area contributed by atoms with Crippen molar-refractivity contribution in [3.63, 3.8) is 0 Å². The number of amides is 1. The number of methoxy groups -OCH3 is 1. The molecule has 1 aliphatic rings. The molecule has 3 heterocycles. The minimum Gasteiger partial charge on any atom is -0.480 e. The van der Waals surface area contributed by atoms with Crippen LogP contribution in [0.4, 0.5) is 5.95 Å². The van der Waals surface area contributed by atoms with Crippen LogP contribution in [0, 0.1) is 0 Å². The van der Waals surface area contributed by atoms with Gasteiger partial charge in [0.15, 0.2) is 0 Å². The quantitative estimate of drug-likeness (QED) is 0.788. The summed E-state index contributed by atoms with van der Waals surface area (Å²) >= 11 is 3.34. The molecule has 0 saturated carbocycles. The number of nitrogens with zero attached hydrogens (tertiary/aromatic N) is 6. The summed E-state index contributed by atoms with van der Waals surface area (Å²) in [6, 6.07) is 0. The van der Waals surface area contributed by atoms with Gasteiger partial charge < -0.3 is 19.1 Å². The summed E-state index contributed by atoms with van der Waals surface area (Å²) in [5.74, 6) is 1.11. The number of rotatable bonds is 3. The Labute approximate surface area is 142 Å². The molecule has 2 aromatic rings. The Morgan fingerprint density at radius 3 is 2.61 bits per heavy atom. The topological polar surface area (TPSA) is 76.4 Å². The van der Waals surface area contributed by atoms with E-state index in [0.29, 0.717) is 48.2 Å². The second-order valence-corrected chi connectivity index (χ2v) is 6.05. The molecule has 0 aromatic carbocycles. The molecular formula is C14H17BrN6O2. The summed E-state index contributed by atoms with van der Waals surface area (Å²) in [5.41, 5.74) is 0.597. The number of anilines is 1. The molecule has 122 valence electrons. The number of aryl methyl sites for hydroxylation is 1. The van der Waals surface area contributed by atoms with Crippen molar-refractivity contribution in [1.29, 1.82) is 0 Å². The van der Waals surface area contributed by atoms with Gasteiger partial charge in [0, 0.05) is 33.2 Å². The van der Waals surface area contributed by atoms with E-state index in [1.165, 1.54) is 0 Å². The van der Waals surface area contributed by atoms with Gasteiger partial charge in [-0.05, 0) is 15.9 Å². The predicted molar refractivity (Wildman–Crippen MR) is 87.6 cm³/mol. The maximum absolute atomic E-state index is 12.5. The van der Waals surface area contributed by atoms with E-state index in [1.54, 1.807) is 30.4 Å². The Balaban J connectivity index is 1.67. The molecule has 1 saturated heterocycles. The lowest BCUT2D eigenvalue weighted by Gasteiger charge is -2.34. The zero-order chi connectivity index (χ0) is 16.4. The molecule has 9 heteroatoms. The third-order valence-corrected chi connectivity index (χ3v) is 4.32. The molecular weight excluding hydrogens is 364 g/mol. The van der Waals surface area contributed by atoms with Gasteiger partial charge >= 0.3 is 0 Å². The Morgan fingerprint density at radius 2 is 2.00 bits per heavy atom. The van der Waals surface area contributed by atoms with Crippen molar-refractivity contribution in [2.24, 2.45) is 7.05 Å². The van der Waals surface area contributed by atoms with Gasteiger partial charge in [0.2, 0.25) is 11.8 Å². The summed E-state index contributed by atoms with van der Waals surface area (Å²) in [6.07, 6.45) is 4.90. The molecule has 0 unspecified atom stereocenters. The van der Waals surface area contributed by atoms with Gasteiger partial charge in [-0.2, -0.15) is 4.98 Å². The van der Waals surface area contributed by atoms with E-state index in [1.807, 2.05) is 16.8 Å². The summed E-state index contributed by atoms with van der Waals surface area (Å²) in [6.45, 7) is 2.58. The van der Waals surface area contributed by atoms with Crippen molar-refractivity contribution in [2.45, 2.75) is 0 Å². The van der Waals surface area contributed by atoms with Gasteiger partial charge in [0.05, 0.1) is 30.3 Å². The third-order valence-electron chi connectivity index (χ3n) is 3.78. The van der Waals surface area contributed by atoms with Crippen LogP contribution in [0.1, 0.15) is 10.5 Å². The zero-order valence-electron chi connectivity index (χ0n) is 12.9. The number of hydrogen-bond acceptors (Lipinski definition) is 6. The Hall–Kier alpha value is -2.16. The fourth-order valence-corrected chi connectivity index (χ4v) is 2.83. The molecule has 1 aliphatic heterocycles. The summed E-state index contributed by atoms with van der Waals surface area (Å²) in [4.78, 5) is 29.0. The van der Waals surface area contributed by atoms with Crippen LogP contribution in [0.15, 0.2) is 23.2 Å². The minimum atomic E-state index is -0.000968. The van der Waals surface area contributed by atoms with Gasteiger partial charge in [-0.3, -0.25) is 4.79 Å². The number of aromatic nitrogens is 4. The van der Waals surface area contributed by atoms with Gasteiger partial charge in [0.25, 0.3) is 5.91 Å². The first-order valence-corrected chi connectivity index (χ1v) is 7.96. The highest BCUT2D eigenvalue weighted by atomic mass is 79.9. The number of piperazine rings is 1. The van der Waals surface area contributed by atoms with Crippen molar-refractivity contribution in [3.05, 3.63) is 28.9 Å². The van der Waals surface area contributed by atoms with E-state index in [9.17, 15) is 4.79 Å². The van der Waals surface area contributed by atoms with Gasteiger partial charge in [0.1, 0.15) is 5.69 Å². The standard InChI is InChI=1S/C14H17BrN6O2/c1-19-9-16-8-11(19)13(22)20-3-5-21(6-4-20)14-17-7-10(15)12(18-14)23-2/h7-9H,3-6H2,1-2H3. The zero-order valence-corrected chi connectivity index (χ0v) is 14.5. The van der Waals surface area contributed by atoms with Crippen LogP contribution in [0.5, 0.6) is 5.88 Å². The molecule has 0 N–H and O–H groups in total. The molecule has 2 aromatic heterocycles. The summed E-state index contributed by atoms with van der Waals surface area (Å²) < 4.78 is 7.65. The lowest BCUT2D eigenvalue weighted by Crippen LogP contribution is -2.49. The van der Waals surface area contributed by atoms with Crippen LogP contribution in [0.3, 0.4) is 0 Å². The van der Waals surface area contributed by atoms with E-state index >= 15 is 0 Å².